The largest absolute Gasteiger partial charge is 0.494 e. The van der Waals surface area contributed by atoms with Crippen molar-refractivity contribution in [3.05, 3.63) is 36.2 Å². The highest BCUT2D eigenvalue weighted by atomic mass is 35.5. The molecule has 1 aromatic carbocycles. The van der Waals surface area contributed by atoms with Crippen LogP contribution < -0.4 is 9.64 Å². The minimum atomic E-state index is -0.0806. The highest BCUT2D eigenvalue weighted by Crippen LogP contribution is 2.34. The Hall–Kier alpha value is -2.16. The van der Waals surface area contributed by atoms with Gasteiger partial charge in [-0.25, -0.2) is 4.98 Å². The number of anilines is 1. The summed E-state index contributed by atoms with van der Waals surface area (Å²) in [7, 11) is 5.69. The summed E-state index contributed by atoms with van der Waals surface area (Å²) in [6, 6.07) is 7.70. The summed E-state index contributed by atoms with van der Waals surface area (Å²) in [6.45, 7) is 5.51. The van der Waals surface area contributed by atoms with Crippen molar-refractivity contribution in [3.63, 3.8) is 0 Å². The molecular weight excluding hydrogens is 410 g/mol. The van der Waals surface area contributed by atoms with Crippen molar-refractivity contribution < 1.29 is 9.53 Å². The van der Waals surface area contributed by atoms with Gasteiger partial charge in [0.25, 0.3) is 5.91 Å². The molecule has 0 atom stereocenters. The molecular formula is C20H28ClN5O2S. The molecule has 7 nitrogen and oxygen atoms in total. The molecule has 2 aromatic heterocycles. The molecule has 0 fully saturated rings. The fourth-order valence-corrected chi connectivity index (χ4v) is 4.06. The molecule has 29 heavy (non-hydrogen) atoms. The van der Waals surface area contributed by atoms with Crippen molar-refractivity contribution in [1.29, 1.82) is 0 Å². The Balaban J connectivity index is 0.00000300. The van der Waals surface area contributed by atoms with E-state index in [9.17, 15) is 4.79 Å². The minimum Gasteiger partial charge on any atom is -0.494 e. The maximum absolute atomic E-state index is 13.4. The van der Waals surface area contributed by atoms with E-state index in [-0.39, 0.29) is 24.4 Å². The van der Waals surface area contributed by atoms with E-state index in [1.165, 1.54) is 11.3 Å². The topological polar surface area (TPSA) is 63.5 Å². The summed E-state index contributed by atoms with van der Waals surface area (Å²) in [6.07, 6.45) is 2.52. The van der Waals surface area contributed by atoms with Gasteiger partial charge in [-0.1, -0.05) is 17.4 Å². The summed E-state index contributed by atoms with van der Waals surface area (Å²) < 4.78 is 8.19. The molecule has 3 aromatic rings. The Labute approximate surface area is 181 Å². The van der Waals surface area contributed by atoms with Crippen LogP contribution in [0.4, 0.5) is 5.13 Å². The molecule has 0 saturated carbocycles. The Bertz CT molecular complexity index is 953. The zero-order valence-electron chi connectivity index (χ0n) is 17.5. The van der Waals surface area contributed by atoms with Crippen molar-refractivity contribution in [3.8, 4) is 5.75 Å². The van der Waals surface area contributed by atoms with Gasteiger partial charge in [0.1, 0.15) is 17.0 Å². The number of hydrogen-bond acceptors (Lipinski definition) is 6. The van der Waals surface area contributed by atoms with Crippen LogP contribution in [0.1, 0.15) is 36.8 Å². The molecule has 2 heterocycles. The van der Waals surface area contributed by atoms with Gasteiger partial charge in [0, 0.05) is 18.8 Å². The second kappa shape index (κ2) is 10.0. The van der Waals surface area contributed by atoms with Crippen LogP contribution in [0, 0.1) is 0 Å². The number of rotatable bonds is 8. The third-order valence-corrected chi connectivity index (χ3v) is 5.48. The zero-order chi connectivity index (χ0) is 20.3. The molecule has 3 rings (SSSR count). The normalized spacial score (nSPS) is 11.1. The zero-order valence-corrected chi connectivity index (χ0v) is 19.1. The molecule has 0 N–H and O–H groups in total. The summed E-state index contributed by atoms with van der Waals surface area (Å²) in [4.78, 5) is 22.0. The van der Waals surface area contributed by atoms with Crippen LogP contribution in [0.2, 0.25) is 0 Å². The monoisotopic (exact) mass is 437 g/mol. The number of fused-ring (bicyclic) bond motifs is 1. The van der Waals surface area contributed by atoms with Crippen molar-refractivity contribution >= 4 is 45.0 Å². The third kappa shape index (κ3) is 5.07. The molecule has 0 spiro atoms. The number of halogens is 1. The average Bonchev–Trinajstić information content (AvgIpc) is 3.30. The summed E-state index contributed by atoms with van der Waals surface area (Å²) in [5.41, 5.74) is 1.36. The van der Waals surface area contributed by atoms with Gasteiger partial charge in [-0.3, -0.25) is 14.4 Å². The number of amides is 1. The Morgan fingerprint density at radius 3 is 2.66 bits per heavy atom. The smallest absolute Gasteiger partial charge is 0.278 e. The van der Waals surface area contributed by atoms with Crippen molar-refractivity contribution in [2.24, 2.45) is 0 Å². The molecule has 9 heteroatoms. The lowest BCUT2D eigenvalue weighted by molar-refractivity contribution is 0.0974. The van der Waals surface area contributed by atoms with Crippen LogP contribution in [-0.2, 0) is 0 Å². The average molecular weight is 438 g/mol. The molecule has 0 radical (unpaired) electrons. The summed E-state index contributed by atoms with van der Waals surface area (Å²) in [5, 5.41) is 5.00. The van der Waals surface area contributed by atoms with Crippen molar-refractivity contribution in [2.45, 2.75) is 26.3 Å². The molecule has 0 bridgehead atoms. The van der Waals surface area contributed by atoms with Gasteiger partial charge in [-0.2, -0.15) is 5.10 Å². The van der Waals surface area contributed by atoms with Gasteiger partial charge in [-0.15, -0.1) is 12.4 Å². The van der Waals surface area contributed by atoms with Gasteiger partial charge in [0.15, 0.2) is 5.13 Å². The fraction of sp³-hybridized carbons (Fsp3) is 0.450. The number of carbonyl (C=O) groups is 1. The molecule has 0 unspecified atom stereocenters. The first kappa shape index (κ1) is 23.1. The Morgan fingerprint density at radius 2 is 2.00 bits per heavy atom. The molecule has 0 aliphatic rings. The highest BCUT2D eigenvalue weighted by molar-refractivity contribution is 7.22. The second-order valence-electron chi connectivity index (χ2n) is 7.17. The fourth-order valence-electron chi connectivity index (χ4n) is 3.05. The number of methoxy groups -OCH3 is 1. The quantitative estimate of drug-likeness (QED) is 0.530. The summed E-state index contributed by atoms with van der Waals surface area (Å²) >= 11 is 1.50. The first-order valence-corrected chi connectivity index (χ1v) is 10.2. The van der Waals surface area contributed by atoms with E-state index in [1.54, 1.807) is 29.0 Å². The van der Waals surface area contributed by atoms with Gasteiger partial charge in [0.05, 0.1) is 11.8 Å². The van der Waals surface area contributed by atoms with E-state index >= 15 is 0 Å². The highest BCUT2D eigenvalue weighted by Gasteiger charge is 2.25. The maximum atomic E-state index is 13.4. The lowest BCUT2D eigenvalue weighted by Crippen LogP contribution is -2.35. The standard InChI is InChI=1S/C20H27N5O2S.ClH/c1-14(2)25-15(10-11-21-25)19(26)24(13-7-12-23(3)4)20-22-18-16(27-5)8-6-9-17(18)28-20;/h6,8-11,14H,7,12-13H2,1-5H3;1H. The minimum absolute atomic E-state index is 0. The van der Waals surface area contributed by atoms with Gasteiger partial charge >= 0.3 is 0 Å². The number of hydrogen-bond donors (Lipinski definition) is 0. The van der Waals surface area contributed by atoms with E-state index in [0.29, 0.717) is 23.1 Å². The third-order valence-electron chi connectivity index (χ3n) is 4.43. The predicted molar refractivity (Wildman–Crippen MR) is 121 cm³/mol. The van der Waals surface area contributed by atoms with Crippen LogP contribution in [-0.4, -0.2) is 59.9 Å². The molecule has 0 aliphatic carbocycles. The van der Waals surface area contributed by atoms with Crippen LogP contribution in [0.5, 0.6) is 5.75 Å². The van der Waals surface area contributed by atoms with E-state index in [4.69, 9.17) is 9.72 Å². The van der Waals surface area contributed by atoms with E-state index < -0.39 is 0 Å². The summed E-state index contributed by atoms with van der Waals surface area (Å²) in [5.74, 6) is 0.635. The molecule has 1 amide bonds. The van der Waals surface area contributed by atoms with Crippen LogP contribution in [0.25, 0.3) is 10.2 Å². The number of nitrogens with zero attached hydrogens (tertiary/aromatic N) is 5. The van der Waals surface area contributed by atoms with Crippen LogP contribution >= 0.6 is 23.7 Å². The maximum Gasteiger partial charge on any atom is 0.278 e. The first-order valence-electron chi connectivity index (χ1n) is 9.36. The molecule has 0 aliphatic heterocycles. The van der Waals surface area contributed by atoms with Gasteiger partial charge < -0.3 is 9.64 Å². The Kier molecular flexibility index (Phi) is 8.01. The van der Waals surface area contributed by atoms with E-state index in [2.05, 4.69) is 10.00 Å². The number of para-hydroxylation sites is 1. The predicted octanol–water partition coefficient (Wildman–Crippen LogP) is 4.10. The SMILES string of the molecule is COc1cccc2sc(N(CCCN(C)C)C(=O)c3ccnn3C(C)C)nc12.Cl. The van der Waals surface area contributed by atoms with Crippen molar-refractivity contribution in [2.75, 3.05) is 39.2 Å². The number of carbonyl (C=O) groups excluding carboxylic acids is 1. The van der Waals surface area contributed by atoms with E-state index in [1.807, 2.05) is 46.1 Å². The molecule has 0 saturated heterocycles. The van der Waals surface area contributed by atoms with Crippen LogP contribution in [0.3, 0.4) is 0 Å². The number of ether oxygens (including phenoxy) is 1. The van der Waals surface area contributed by atoms with Gasteiger partial charge in [-0.05, 0) is 59.1 Å². The number of aromatic nitrogens is 3. The number of thiazole rings is 1. The second-order valence-corrected chi connectivity index (χ2v) is 8.18. The van der Waals surface area contributed by atoms with E-state index in [0.717, 1.165) is 23.2 Å². The first-order chi connectivity index (χ1) is 13.4. The lowest BCUT2D eigenvalue weighted by Gasteiger charge is -2.22. The van der Waals surface area contributed by atoms with Crippen molar-refractivity contribution in [1.82, 2.24) is 19.7 Å². The number of benzene rings is 1. The Morgan fingerprint density at radius 1 is 1.24 bits per heavy atom. The van der Waals surface area contributed by atoms with Crippen LogP contribution in [0.15, 0.2) is 30.5 Å². The van der Waals surface area contributed by atoms with Gasteiger partial charge in [0.2, 0.25) is 0 Å². The molecule has 158 valence electrons. The lowest BCUT2D eigenvalue weighted by atomic mass is 10.3.